The highest BCUT2D eigenvalue weighted by Gasteiger charge is 2.21. The van der Waals surface area contributed by atoms with Crippen molar-refractivity contribution < 1.29 is 9.53 Å². The fourth-order valence-electron chi connectivity index (χ4n) is 3.09. The summed E-state index contributed by atoms with van der Waals surface area (Å²) >= 11 is 4.87. The lowest BCUT2D eigenvalue weighted by Gasteiger charge is -2.09. The minimum Gasteiger partial charge on any atom is -0.497 e. The molecule has 0 aliphatic rings. The highest BCUT2D eigenvalue weighted by atomic mass is 79.9. The maximum Gasteiger partial charge on any atom is 0.273 e. The fourth-order valence-corrected chi connectivity index (χ4v) is 4.15. The summed E-state index contributed by atoms with van der Waals surface area (Å²) < 4.78 is 7.82. The number of carbonyl (C=O) groups excluding carboxylic acids is 1. The van der Waals surface area contributed by atoms with Crippen LogP contribution in [-0.2, 0) is 12.2 Å². The minimum atomic E-state index is -0.267. The number of thioether (sulfide) groups is 1. The highest BCUT2D eigenvalue weighted by Crippen LogP contribution is 2.23. The Morgan fingerprint density at radius 3 is 2.52 bits per heavy atom. The quantitative estimate of drug-likeness (QED) is 0.260. The second-order valence-corrected chi connectivity index (χ2v) is 8.81. The van der Waals surface area contributed by atoms with Gasteiger partial charge in [-0.15, -0.1) is 5.10 Å². The standard InChI is InChI=1S/C23H21BrN6O2S/c1-32-19-9-3-16(4-10-19)11-14-25-22(31)21-20(15-33-23-26-12-2-13-27-23)30(29-28-21)18-7-5-17(24)6-8-18/h2-10,12-13H,11,14-15H2,1H3,(H,25,31). The molecule has 0 atom stereocenters. The van der Waals surface area contributed by atoms with E-state index in [9.17, 15) is 4.79 Å². The fraction of sp³-hybridized carbons (Fsp3) is 0.174. The van der Waals surface area contributed by atoms with Crippen LogP contribution in [0.25, 0.3) is 5.69 Å². The molecule has 0 saturated carbocycles. The highest BCUT2D eigenvalue weighted by molar-refractivity contribution is 9.10. The van der Waals surface area contributed by atoms with Crippen LogP contribution < -0.4 is 10.1 Å². The van der Waals surface area contributed by atoms with Crippen molar-refractivity contribution in [2.45, 2.75) is 17.3 Å². The Hall–Kier alpha value is -3.24. The number of rotatable bonds is 9. The maximum atomic E-state index is 13.0. The number of halogens is 1. The van der Waals surface area contributed by atoms with Crippen molar-refractivity contribution in [3.05, 3.63) is 88.4 Å². The molecular weight excluding hydrogens is 504 g/mol. The van der Waals surface area contributed by atoms with E-state index in [1.165, 1.54) is 11.8 Å². The third-order valence-electron chi connectivity index (χ3n) is 4.79. The molecule has 8 nitrogen and oxygen atoms in total. The van der Waals surface area contributed by atoms with Crippen LogP contribution in [-0.4, -0.2) is 44.5 Å². The Kier molecular flexibility index (Phi) is 7.69. The molecule has 4 aromatic rings. The van der Waals surface area contributed by atoms with Crippen LogP contribution in [0.4, 0.5) is 0 Å². The number of nitrogens with zero attached hydrogens (tertiary/aromatic N) is 5. The van der Waals surface area contributed by atoms with E-state index < -0.39 is 0 Å². The summed E-state index contributed by atoms with van der Waals surface area (Å²) in [5.41, 5.74) is 2.88. The van der Waals surface area contributed by atoms with Crippen LogP contribution in [0.5, 0.6) is 5.75 Å². The second-order valence-electron chi connectivity index (χ2n) is 6.95. The van der Waals surface area contributed by atoms with E-state index in [1.54, 1.807) is 30.3 Å². The molecule has 33 heavy (non-hydrogen) atoms. The average molecular weight is 525 g/mol. The van der Waals surface area contributed by atoms with Gasteiger partial charge in [-0.3, -0.25) is 4.79 Å². The molecule has 0 aliphatic heterocycles. The maximum absolute atomic E-state index is 13.0. The van der Waals surface area contributed by atoms with Gasteiger partial charge in [0.2, 0.25) is 0 Å². The Morgan fingerprint density at radius 1 is 1.09 bits per heavy atom. The summed E-state index contributed by atoms with van der Waals surface area (Å²) in [5, 5.41) is 12.0. The van der Waals surface area contributed by atoms with Gasteiger partial charge in [-0.25, -0.2) is 14.6 Å². The Morgan fingerprint density at radius 2 is 1.82 bits per heavy atom. The second kappa shape index (κ2) is 11.1. The monoisotopic (exact) mass is 524 g/mol. The zero-order valence-electron chi connectivity index (χ0n) is 17.8. The zero-order chi connectivity index (χ0) is 23.0. The molecule has 2 heterocycles. The predicted molar refractivity (Wildman–Crippen MR) is 130 cm³/mol. The van der Waals surface area contributed by atoms with Gasteiger partial charge in [0.15, 0.2) is 10.9 Å². The predicted octanol–water partition coefficient (Wildman–Crippen LogP) is 4.09. The normalized spacial score (nSPS) is 10.7. The van der Waals surface area contributed by atoms with Gasteiger partial charge in [0.05, 0.1) is 18.5 Å². The van der Waals surface area contributed by atoms with E-state index in [0.717, 1.165) is 21.5 Å². The number of aromatic nitrogens is 5. The first-order chi connectivity index (χ1) is 16.1. The molecule has 2 aromatic heterocycles. The molecule has 10 heteroatoms. The summed E-state index contributed by atoms with van der Waals surface area (Å²) in [6.45, 7) is 0.477. The summed E-state index contributed by atoms with van der Waals surface area (Å²) in [6.07, 6.45) is 4.07. The summed E-state index contributed by atoms with van der Waals surface area (Å²) in [6, 6.07) is 17.2. The van der Waals surface area contributed by atoms with E-state index >= 15 is 0 Å². The molecular formula is C23H21BrN6O2S. The average Bonchev–Trinajstić information content (AvgIpc) is 3.28. The molecule has 4 rings (SSSR count). The topological polar surface area (TPSA) is 94.8 Å². The van der Waals surface area contributed by atoms with E-state index in [4.69, 9.17) is 4.74 Å². The molecule has 0 aliphatic carbocycles. The summed E-state index contributed by atoms with van der Waals surface area (Å²) in [5.74, 6) is 0.974. The molecule has 2 aromatic carbocycles. The number of carbonyl (C=O) groups is 1. The van der Waals surface area contributed by atoms with Crippen LogP contribution >= 0.6 is 27.7 Å². The van der Waals surface area contributed by atoms with Crippen molar-refractivity contribution in [2.24, 2.45) is 0 Å². The molecule has 0 fully saturated rings. The van der Waals surface area contributed by atoms with Crippen LogP contribution in [0.2, 0.25) is 0 Å². The van der Waals surface area contributed by atoms with Crippen LogP contribution in [0.1, 0.15) is 21.7 Å². The van der Waals surface area contributed by atoms with Gasteiger partial charge in [0, 0.05) is 29.2 Å². The number of nitrogens with one attached hydrogen (secondary N) is 1. The Balaban J connectivity index is 1.50. The third-order valence-corrected chi connectivity index (χ3v) is 6.20. The first-order valence-corrected chi connectivity index (χ1v) is 11.9. The molecule has 0 spiro atoms. The first-order valence-electron chi connectivity index (χ1n) is 10.2. The number of amides is 1. The van der Waals surface area contributed by atoms with Gasteiger partial charge in [-0.05, 0) is 54.4 Å². The van der Waals surface area contributed by atoms with Crippen molar-refractivity contribution in [3.63, 3.8) is 0 Å². The number of methoxy groups -OCH3 is 1. The number of hydrogen-bond donors (Lipinski definition) is 1. The lowest BCUT2D eigenvalue weighted by molar-refractivity contribution is 0.0948. The van der Waals surface area contributed by atoms with Gasteiger partial charge in [0.25, 0.3) is 5.91 Å². The van der Waals surface area contributed by atoms with Crippen LogP contribution in [0, 0.1) is 0 Å². The van der Waals surface area contributed by atoms with Crippen molar-refractivity contribution >= 4 is 33.6 Å². The van der Waals surface area contributed by atoms with Crippen molar-refractivity contribution in [3.8, 4) is 11.4 Å². The van der Waals surface area contributed by atoms with Crippen molar-refractivity contribution in [1.82, 2.24) is 30.3 Å². The first kappa shape index (κ1) is 22.9. The molecule has 168 valence electrons. The summed E-state index contributed by atoms with van der Waals surface area (Å²) in [4.78, 5) is 21.5. The molecule has 1 amide bonds. The van der Waals surface area contributed by atoms with E-state index in [0.29, 0.717) is 29.6 Å². The lowest BCUT2D eigenvalue weighted by Crippen LogP contribution is -2.27. The Bertz CT molecular complexity index is 1200. The molecule has 0 bridgehead atoms. The third kappa shape index (κ3) is 5.96. The van der Waals surface area contributed by atoms with Gasteiger partial charge < -0.3 is 10.1 Å². The SMILES string of the molecule is COc1ccc(CCNC(=O)c2nnn(-c3ccc(Br)cc3)c2CSc2ncccn2)cc1. The van der Waals surface area contributed by atoms with Crippen molar-refractivity contribution in [1.29, 1.82) is 0 Å². The van der Waals surface area contributed by atoms with E-state index in [1.807, 2.05) is 48.5 Å². The molecule has 1 N–H and O–H groups in total. The van der Waals surface area contributed by atoms with Gasteiger partial charge in [0.1, 0.15) is 5.75 Å². The number of benzene rings is 2. The van der Waals surface area contributed by atoms with Gasteiger partial charge in [-0.1, -0.05) is 45.0 Å². The van der Waals surface area contributed by atoms with Crippen LogP contribution in [0.15, 0.2) is 76.6 Å². The minimum absolute atomic E-state index is 0.267. The molecule has 0 unspecified atom stereocenters. The number of hydrogen-bond acceptors (Lipinski definition) is 7. The van der Waals surface area contributed by atoms with E-state index in [2.05, 4.69) is 41.5 Å². The lowest BCUT2D eigenvalue weighted by atomic mass is 10.1. The van der Waals surface area contributed by atoms with Gasteiger partial charge in [-0.2, -0.15) is 0 Å². The smallest absolute Gasteiger partial charge is 0.273 e. The zero-order valence-corrected chi connectivity index (χ0v) is 20.2. The van der Waals surface area contributed by atoms with Crippen molar-refractivity contribution in [2.75, 3.05) is 13.7 Å². The Labute approximate surface area is 203 Å². The van der Waals surface area contributed by atoms with E-state index in [-0.39, 0.29) is 11.6 Å². The number of ether oxygens (including phenoxy) is 1. The van der Waals surface area contributed by atoms with Crippen LogP contribution in [0.3, 0.4) is 0 Å². The summed E-state index contributed by atoms with van der Waals surface area (Å²) in [7, 11) is 1.64. The molecule has 0 saturated heterocycles. The van der Waals surface area contributed by atoms with Gasteiger partial charge >= 0.3 is 0 Å². The largest absolute Gasteiger partial charge is 0.497 e. The molecule has 0 radical (unpaired) electrons.